The first-order valence-corrected chi connectivity index (χ1v) is 6.91. The van der Waals surface area contributed by atoms with Gasteiger partial charge < -0.3 is 10.1 Å². The van der Waals surface area contributed by atoms with Gasteiger partial charge in [-0.1, -0.05) is 18.2 Å². The van der Waals surface area contributed by atoms with E-state index in [0.29, 0.717) is 5.69 Å². The molecule has 0 bridgehead atoms. The summed E-state index contributed by atoms with van der Waals surface area (Å²) in [4.78, 5) is 23.2. The lowest BCUT2D eigenvalue weighted by Crippen LogP contribution is -2.23. The second-order valence-electron chi connectivity index (χ2n) is 5.03. The monoisotopic (exact) mass is 291 g/mol. The van der Waals surface area contributed by atoms with Crippen molar-refractivity contribution in [3.8, 4) is 0 Å². The number of ether oxygens (including phenoxy) is 1. The van der Waals surface area contributed by atoms with Crippen LogP contribution in [0, 0.1) is 11.7 Å². The third-order valence-corrected chi connectivity index (χ3v) is 3.52. The van der Waals surface area contributed by atoms with Crippen molar-refractivity contribution in [3.05, 3.63) is 41.7 Å². The highest BCUT2D eigenvalue weighted by atomic mass is 19.1. The Kier molecular flexibility index (Phi) is 5.09. The molecule has 0 fully saturated rings. The van der Waals surface area contributed by atoms with Crippen molar-refractivity contribution in [2.24, 2.45) is 5.92 Å². The van der Waals surface area contributed by atoms with Gasteiger partial charge in [-0.3, -0.25) is 9.59 Å². The minimum absolute atomic E-state index is 0.0622. The maximum Gasteiger partial charge on any atom is 0.310 e. The average Bonchev–Trinajstić information content (AvgIpc) is 2.50. The van der Waals surface area contributed by atoms with E-state index < -0.39 is 11.8 Å². The van der Waals surface area contributed by atoms with E-state index in [0.717, 1.165) is 19.3 Å². The average molecular weight is 291 g/mol. The summed E-state index contributed by atoms with van der Waals surface area (Å²) in [6, 6.07) is 4.31. The Labute approximate surface area is 123 Å². The standard InChI is InChI=1S/C16H18FNO3/c1-21-15(19)9-12-7-8-13(10-14(12)17)18-16(20)11-5-3-2-4-6-11/h2-3,7-8,10-11H,4-6,9H2,1H3,(H,18,20)/t11-/m0/s1. The van der Waals surface area contributed by atoms with E-state index in [2.05, 4.69) is 16.1 Å². The highest BCUT2D eigenvalue weighted by molar-refractivity contribution is 5.92. The fourth-order valence-corrected chi connectivity index (χ4v) is 2.27. The van der Waals surface area contributed by atoms with Crippen LogP contribution in [-0.4, -0.2) is 19.0 Å². The van der Waals surface area contributed by atoms with Crippen molar-refractivity contribution in [2.75, 3.05) is 12.4 Å². The van der Waals surface area contributed by atoms with Gasteiger partial charge in [0, 0.05) is 11.6 Å². The van der Waals surface area contributed by atoms with E-state index >= 15 is 0 Å². The molecule has 1 N–H and O–H groups in total. The quantitative estimate of drug-likeness (QED) is 0.685. The lowest BCUT2D eigenvalue weighted by molar-refractivity contribution is -0.139. The largest absolute Gasteiger partial charge is 0.469 e. The molecule has 0 spiro atoms. The van der Waals surface area contributed by atoms with Gasteiger partial charge in [0.2, 0.25) is 5.91 Å². The molecular formula is C16H18FNO3. The van der Waals surface area contributed by atoms with E-state index in [1.54, 1.807) is 6.07 Å². The number of rotatable bonds is 4. The number of carbonyl (C=O) groups is 2. The number of esters is 1. The van der Waals surface area contributed by atoms with Crippen LogP contribution in [0.25, 0.3) is 0 Å². The molecular weight excluding hydrogens is 273 g/mol. The number of anilines is 1. The molecule has 0 unspecified atom stereocenters. The lowest BCUT2D eigenvalue weighted by Gasteiger charge is -2.17. The Bertz CT molecular complexity index is 569. The Morgan fingerprint density at radius 2 is 2.19 bits per heavy atom. The van der Waals surface area contributed by atoms with Gasteiger partial charge in [-0.15, -0.1) is 0 Å². The molecule has 21 heavy (non-hydrogen) atoms. The Hall–Kier alpha value is -2.17. The predicted octanol–water partition coefficient (Wildman–Crippen LogP) is 2.84. The first-order valence-electron chi connectivity index (χ1n) is 6.91. The van der Waals surface area contributed by atoms with Crippen LogP contribution in [-0.2, 0) is 20.7 Å². The molecule has 0 aliphatic heterocycles. The van der Waals surface area contributed by atoms with Gasteiger partial charge in [0.25, 0.3) is 0 Å². The maximum atomic E-state index is 13.9. The number of amides is 1. The van der Waals surface area contributed by atoms with Crippen LogP contribution in [0.15, 0.2) is 30.4 Å². The van der Waals surface area contributed by atoms with E-state index in [9.17, 15) is 14.0 Å². The SMILES string of the molecule is COC(=O)Cc1ccc(NC(=O)[C@H]2CC=CCC2)cc1F. The first-order chi connectivity index (χ1) is 10.1. The minimum Gasteiger partial charge on any atom is -0.469 e. The summed E-state index contributed by atoms with van der Waals surface area (Å²) < 4.78 is 18.4. The molecule has 0 radical (unpaired) electrons. The number of halogens is 1. The molecule has 0 saturated heterocycles. The zero-order chi connectivity index (χ0) is 15.2. The number of hydrogen-bond acceptors (Lipinski definition) is 3. The number of carbonyl (C=O) groups excluding carboxylic acids is 2. The summed E-state index contributed by atoms with van der Waals surface area (Å²) in [6.45, 7) is 0. The van der Waals surface area contributed by atoms with E-state index in [1.807, 2.05) is 6.08 Å². The van der Waals surface area contributed by atoms with Crippen molar-refractivity contribution in [3.63, 3.8) is 0 Å². The van der Waals surface area contributed by atoms with Crippen molar-refractivity contribution >= 4 is 17.6 Å². The van der Waals surface area contributed by atoms with E-state index in [4.69, 9.17) is 0 Å². The van der Waals surface area contributed by atoms with E-state index in [-0.39, 0.29) is 23.8 Å². The Morgan fingerprint density at radius 3 is 2.81 bits per heavy atom. The van der Waals surface area contributed by atoms with Gasteiger partial charge in [0.15, 0.2) is 0 Å². The third kappa shape index (κ3) is 4.15. The van der Waals surface area contributed by atoms with Gasteiger partial charge in [0.1, 0.15) is 5.82 Å². The topological polar surface area (TPSA) is 55.4 Å². The summed E-state index contributed by atoms with van der Waals surface area (Å²) in [5.74, 6) is -1.19. The summed E-state index contributed by atoms with van der Waals surface area (Å²) in [6.07, 6.45) is 6.35. The highest BCUT2D eigenvalue weighted by Gasteiger charge is 2.19. The van der Waals surface area contributed by atoms with Crippen LogP contribution in [0.5, 0.6) is 0 Å². The minimum atomic E-state index is -0.526. The number of methoxy groups -OCH3 is 1. The second kappa shape index (κ2) is 7.02. The highest BCUT2D eigenvalue weighted by Crippen LogP contribution is 2.21. The maximum absolute atomic E-state index is 13.9. The molecule has 0 aromatic heterocycles. The van der Waals surface area contributed by atoms with Crippen LogP contribution >= 0.6 is 0 Å². The zero-order valence-electron chi connectivity index (χ0n) is 11.9. The summed E-state index contributed by atoms with van der Waals surface area (Å²) >= 11 is 0. The summed E-state index contributed by atoms with van der Waals surface area (Å²) in [5.41, 5.74) is 0.654. The molecule has 1 aromatic rings. The number of hydrogen-bond donors (Lipinski definition) is 1. The van der Waals surface area contributed by atoms with Crippen LogP contribution in [0.1, 0.15) is 24.8 Å². The predicted molar refractivity (Wildman–Crippen MR) is 77.2 cm³/mol. The smallest absolute Gasteiger partial charge is 0.310 e. The van der Waals surface area contributed by atoms with Gasteiger partial charge in [0.05, 0.1) is 13.5 Å². The molecule has 0 heterocycles. The van der Waals surface area contributed by atoms with Gasteiger partial charge in [-0.05, 0) is 37.0 Å². The van der Waals surface area contributed by atoms with Crippen LogP contribution in [0.2, 0.25) is 0 Å². The zero-order valence-corrected chi connectivity index (χ0v) is 11.9. The molecule has 4 nitrogen and oxygen atoms in total. The molecule has 1 aromatic carbocycles. The molecule has 5 heteroatoms. The van der Waals surface area contributed by atoms with Gasteiger partial charge in [-0.25, -0.2) is 4.39 Å². The van der Waals surface area contributed by atoms with Crippen LogP contribution < -0.4 is 5.32 Å². The Morgan fingerprint density at radius 1 is 1.38 bits per heavy atom. The lowest BCUT2D eigenvalue weighted by atomic mass is 9.93. The van der Waals surface area contributed by atoms with Crippen LogP contribution in [0.4, 0.5) is 10.1 Å². The number of benzene rings is 1. The molecule has 112 valence electrons. The molecule has 1 aliphatic carbocycles. The van der Waals surface area contributed by atoms with Crippen molar-refractivity contribution in [1.29, 1.82) is 0 Å². The molecule has 2 rings (SSSR count). The van der Waals surface area contributed by atoms with Gasteiger partial charge >= 0.3 is 5.97 Å². The van der Waals surface area contributed by atoms with Gasteiger partial charge in [-0.2, -0.15) is 0 Å². The second-order valence-corrected chi connectivity index (χ2v) is 5.03. The third-order valence-electron chi connectivity index (χ3n) is 3.52. The Balaban J connectivity index is 2.01. The normalized spacial score (nSPS) is 17.3. The van der Waals surface area contributed by atoms with Crippen molar-refractivity contribution < 1.29 is 18.7 Å². The molecule has 1 atom stereocenters. The van der Waals surface area contributed by atoms with Crippen molar-refractivity contribution in [1.82, 2.24) is 0 Å². The number of nitrogens with one attached hydrogen (secondary N) is 1. The fraction of sp³-hybridized carbons (Fsp3) is 0.375. The van der Waals surface area contributed by atoms with Crippen LogP contribution in [0.3, 0.4) is 0 Å². The molecule has 1 aliphatic rings. The first kappa shape index (κ1) is 15.2. The molecule has 1 amide bonds. The summed E-state index contributed by atoms with van der Waals surface area (Å²) in [5, 5.41) is 2.72. The number of allylic oxidation sites excluding steroid dienone is 2. The fourth-order valence-electron chi connectivity index (χ4n) is 2.27. The molecule has 0 saturated carbocycles. The summed E-state index contributed by atoms with van der Waals surface area (Å²) in [7, 11) is 1.26. The van der Waals surface area contributed by atoms with Crippen molar-refractivity contribution in [2.45, 2.75) is 25.7 Å². The van der Waals surface area contributed by atoms with E-state index in [1.165, 1.54) is 19.2 Å².